The minimum atomic E-state index is -0.321. The molecule has 1 aromatic heterocycles. The zero-order valence-electron chi connectivity index (χ0n) is 16.1. The first-order valence-electron chi connectivity index (χ1n) is 9.68. The predicted octanol–water partition coefficient (Wildman–Crippen LogP) is 4.40. The number of amides is 1. The van der Waals surface area contributed by atoms with Crippen LogP contribution in [-0.4, -0.2) is 22.3 Å². The first-order chi connectivity index (χ1) is 14.2. The molecule has 142 valence electrons. The summed E-state index contributed by atoms with van der Waals surface area (Å²) in [4.78, 5) is 12.4. The number of carbonyl (C=O) groups is 1. The number of hydrogen-bond acceptors (Lipinski definition) is 3. The van der Waals surface area contributed by atoms with Crippen molar-refractivity contribution >= 4 is 22.9 Å². The summed E-state index contributed by atoms with van der Waals surface area (Å²) < 4.78 is 0. The lowest BCUT2D eigenvalue weighted by atomic mass is 9.98. The average molecular weight is 380 g/mol. The van der Waals surface area contributed by atoms with Gasteiger partial charge in [0.15, 0.2) is 0 Å². The topological polar surface area (TPSA) is 70.1 Å². The van der Waals surface area contributed by atoms with Crippen LogP contribution in [-0.2, 0) is 12.8 Å². The number of hydrazone groups is 1. The van der Waals surface area contributed by atoms with E-state index in [0.29, 0.717) is 5.69 Å². The predicted molar refractivity (Wildman–Crippen MR) is 115 cm³/mol. The van der Waals surface area contributed by atoms with E-state index in [9.17, 15) is 4.79 Å². The molecule has 1 heterocycles. The van der Waals surface area contributed by atoms with Crippen LogP contribution < -0.4 is 5.43 Å². The van der Waals surface area contributed by atoms with Crippen molar-refractivity contribution in [1.29, 1.82) is 0 Å². The quantitative estimate of drug-likeness (QED) is 0.407. The van der Waals surface area contributed by atoms with Crippen molar-refractivity contribution in [2.24, 2.45) is 5.10 Å². The van der Waals surface area contributed by atoms with E-state index in [4.69, 9.17) is 0 Å². The molecule has 2 N–H and O–H groups in total. The smallest absolute Gasteiger partial charge is 0.272 e. The van der Waals surface area contributed by atoms with E-state index in [1.807, 2.05) is 31.2 Å². The third kappa shape index (κ3) is 3.21. The highest BCUT2D eigenvalue weighted by Crippen LogP contribution is 2.36. The number of benzene rings is 3. The van der Waals surface area contributed by atoms with Gasteiger partial charge in [0.05, 0.1) is 11.9 Å². The molecule has 0 unspecified atom stereocenters. The van der Waals surface area contributed by atoms with Gasteiger partial charge in [0.2, 0.25) is 0 Å². The third-order valence-corrected chi connectivity index (χ3v) is 5.40. The molecule has 0 saturated heterocycles. The molecule has 0 atom stereocenters. The van der Waals surface area contributed by atoms with Crippen molar-refractivity contribution in [2.45, 2.75) is 19.8 Å². The second-order valence-corrected chi connectivity index (χ2v) is 7.39. The SMILES string of the molecule is Cc1cccc(/C=N\NC(=O)c2cc(-c3ccc4c5c(cccc35)CC4)n[nH]2)c1. The molecular weight excluding hydrogens is 360 g/mol. The Balaban J connectivity index is 1.39. The van der Waals surface area contributed by atoms with Crippen molar-refractivity contribution in [3.05, 3.63) is 88.6 Å². The number of nitrogens with zero attached hydrogens (tertiary/aromatic N) is 2. The number of hydrogen-bond donors (Lipinski definition) is 2. The van der Waals surface area contributed by atoms with Crippen LogP contribution in [0.25, 0.3) is 22.0 Å². The van der Waals surface area contributed by atoms with Crippen LogP contribution in [0.2, 0.25) is 0 Å². The molecule has 1 amide bonds. The standard InChI is InChI=1S/C24H20N4O/c1-15-4-2-5-16(12-15)14-25-28-24(29)22-13-21(26-27-22)19-11-10-18-9-8-17-6-3-7-20(19)23(17)18/h2-7,10-14H,8-9H2,1H3,(H,26,27)(H,28,29)/b25-14-. The average Bonchev–Trinajstić information content (AvgIpc) is 3.37. The first kappa shape index (κ1) is 17.4. The van der Waals surface area contributed by atoms with E-state index >= 15 is 0 Å². The molecule has 0 spiro atoms. The molecule has 0 aliphatic heterocycles. The van der Waals surface area contributed by atoms with Crippen LogP contribution in [0.3, 0.4) is 0 Å². The molecular formula is C24H20N4O. The summed E-state index contributed by atoms with van der Waals surface area (Å²) >= 11 is 0. The van der Waals surface area contributed by atoms with Gasteiger partial charge in [-0.2, -0.15) is 10.2 Å². The molecule has 1 aliphatic rings. The zero-order valence-corrected chi connectivity index (χ0v) is 16.1. The van der Waals surface area contributed by atoms with Gasteiger partial charge in [-0.15, -0.1) is 0 Å². The van der Waals surface area contributed by atoms with E-state index in [0.717, 1.165) is 35.2 Å². The molecule has 1 aliphatic carbocycles. The van der Waals surface area contributed by atoms with Crippen molar-refractivity contribution in [2.75, 3.05) is 0 Å². The zero-order chi connectivity index (χ0) is 19.8. The summed E-state index contributed by atoms with van der Waals surface area (Å²) in [6, 6.07) is 20.4. The summed E-state index contributed by atoms with van der Waals surface area (Å²) in [5.74, 6) is -0.321. The van der Waals surface area contributed by atoms with Crippen LogP contribution in [0.4, 0.5) is 0 Å². The van der Waals surface area contributed by atoms with Crippen molar-refractivity contribution in [3.8, 4) is 11.3 Å². The highest BCUT2D eigenvalue weighted by Gasteiger charge is 2.18. The molecule has 5 rings (SSSR count). The molecule has 0 bridgehead atoms. The van der Waals surface area contributed by atoms with Gasteiger partial charge in [-0.1, -0.05) is 60.2 Å². The van der Waals surface area contributed by atoms with E-state index in [1.165, 1.54) is 21.9 Å². The molecule has 29 heavy (non-hydrogen) atoms. The second-order valence-electron chi connectivity index (χ2n) is 7.39. The number of rotatable bonds is 4. The van der Waals surface area contributed by atoms with Crippen LogP contribution >= 0.6 is 0 Å². The molecule has 3 aromatic carbocycles. The molecule has 5 nitrogen and oxygen atoms in total. The maximum atomic E-state index is 12.4. The lowest BCUT2D eigenvalue weighted by Crippen LogP contribution is -2.18. The van der Waals surface area contributed by atoms with Gasteiger partial charge < -0.3 is 0 Å². The Kier molecular flexibility index (Phi) is 4.21. The fourth-order valence-electron chi connectivity index (χ4n) is 4.02. The number of aromatic nitrogens is 2. The van der Waals surface area contributed by atoms with Gasteiger partial charge in [-0.3, -0.25) is 9.89 Å². The Labute approximate surface area is 168 Å². The highest BCUT2D eigenvalue weighted by atomic mass is 16.2. The Morgan fingerprint density at radius 2 is 1.90 bits per heavy atom. The van der Waals surface area contributed by atoms with Crippen LogP contribution in [0.5, 0.6) is 0 Å². The number of carbonyl (C=O) groups excluding carboxylic acids is 1. The van der Waals surface area contributed by atoms with Crippen molar-refractivity contribution in [3.63, 3.8) is 0 Å². The maximum absolute atomic E-state index is 12.4. The van der Waals surface area contributed by atoms with Crippen LogP contribution in [0.15, 0.2) is 65.8 Å². The van der Waals surface area contributed by atoms with E-state index in [-0.39, 0.29) is 5.91 Å². The summed E-state index contributed by atoms with van der Waals surface area (Å²) in [6.07, 6.45) is 3.80. The van der Waals surface area contributed by atoms with Crippen molar-refractivity contribution < 1.29 is 4.79 Å². The number of aryl methyl sites for hydroxylation is 3. The van der Waals surface area contributed by atoms with Gasteiger partial charge >= 0.3 is 0 Å². The fourth-order valence-corrected chi connectivity index (χ4v) is 4.02. The lowest BCUT2D eigenvalue weighted by Gasteiger charge is -2.06. The third-order valence-electron chi connectivity index (χ3n) is 5.40. The molecule has 0 saturated carbocycles. The molecule has 0 radical (unpaired) electrons. The van der Waals surface area contributed by atoms with Gasteiger partial charge in [0.25, 0.3) is 5.91 Å². The summed E-state index contributed by atoms with van der Waals surface area (Å²) in [5, 5.41) is 13.8. The van der Waals surface area contributed by atoms with Crippen molar-refractivity contribution in [1.82, 2.24) is 15.6 Å². The van der Waals surface area contributed by atoms with E-state index in [1.54, 1.807) is 12.3 Å². The normalized spacial score (nSPS) is 12.7. The monoisotopic (exact) mass is 380 g/mol. The number of aromatic amines is 1. The van der Waals surface area contributed by atoms with Gasteiger partial charge in [-0.25, -0.2) is 5.43 Å². The van der Waals surface area contributed by atoms with Gasteiger partial charge in [0, 0.05) is 5.56 Å². The Bertz CT molecular complexity index is 1260. The molecule has 4 aromatic rings. The van der Waals surface area contributed by atoms with Crippen LogP contribution in [0, 0.1) is 6.92 Å². The Hall–Kier alpha value is -3.73. The Morgan fingerprint density at radius 1 is 1.07 bits per heavy atom. The summed E-state index contributed by atoms with van der Waals surface area (Å²) in [6.45, 7) is 2.02. The number of nitrogens with one attached hydrogen (secondary N) is 2. The minimum absolute atomic E-state index is 0.321. The highest BCUT2D eigenvalue weighted by molar-refractivity contribution is 6.02. The summed E-state index contributed by atoms with van der Waals surface area (Å²) in [7, 11) is 0. The first-order valence-corrected chi connectivity index (χ1v) is 9.68. The van der Waals surface area contributed by atoms with E-state index < -0.39 is 0 Å². The summed E-state index contributed by atoms with van der Waals surface area (Å²) in [5.41, 5.74) is 9.58. The fraction of sp³-hybridized carbons (Fsp3) is 0.125. The maximum Gasteiger partial charge on any atom is 0.289 e. The van der Waals surface area contributed by atoms with E-state index in [2.05, 4.69) is 51.1 Å². The number of H-pyrrole nitrogens is 1. The second kappa shape index (κ2) is 7.02. The Morgan fingerprint density at radius 3 is 2.76 bits per heavy atom. The lowest BCUT2D eigenvalue weighted by molar-refractivity contribution is 0.0950. The molecule has 5 heteroatoms. The minimum Gasteiger partial charge on any atom is -0.272 e. The largest absolute Gasteiger partial charge is 0.289 e. The van der Waals surface area contributed by atoms with Gasteiger partial charge in [-0.05, 0) is 53.3 Å². The van der Waals surface area contributed by atoms with Gasteiger partial charge in [0.1, 0.15) is 5.69 Å². The van der Waals surface area contributed by atoms with Crippen LogP contribution in [0.1, 0.15) is 32.7 Å². The molecule has 0 fully saturated rings.